The number of hydrogen-bond donors (Lipinski definition) is 1. The van der Waals surface area contributed by atoms with E-state index in [1.165, 1.54) is 18.2 Å². The van der Waals surface area contributed by atoms with Crippen molar-refractivity contribution >= 4 is 21.8 Å². The fourth-order valence-electron chi connectivity index (χ4n) is 1.62. The second-order valence-corrected chi connectivity index (χ2v) is 4.97. The fourth-order valence-corrected chi connectivity index (χ4v) is 1.99. The van der Waals surface area contributed by atoms with E-state index in [-0.39, 0.29) is 16.2 Å². The van der Waals surface area contributed by atoms with Gasteiger partial charge >= 0.3 is 0 Å². The van der Waals surface area contributed by atoms with E-state index < -0.39 is 0 Å². The second kappa shape index (κ2) is 5.93. The number of carbonyl (C=O) groups excluding carboxylic acids is 1. The molecule has 0 aliphatic heterocycles. The standard InChI is InChI=1S/C14H12BrFN2O/c1-9-7-17-5-4-11(9)8-18-14(19)10-2-3-13(16)12(15)6-10/h2-7H,8H2,1H3,(H,18,19). The minimum absolute atomic E-state index is 0.239. The third kappa shape index (κ3) is 3.38. The highest BCUT2D eigenvalue weighted by Crippen LogP contribution is 2.16. The van der Waals surface area contributed by atoms with Gasteiger partial charge < -0.3 is 5.32 Å². The lowest BCUT2D eigenvalue weighted by molar-refractivity contribution is 0.0950. The number of benzene rings is 1. The highest BCUT2D eigenvalue weighted by Gasteiger charge is 2.08. The van der Waals surface area contributed by atoms with Crippen molar-refractivity contribution in [3.63, 3.8) is 0 Å². The molecule has 1 amide bonds. The predicted octanol–water partition coefficient (Wildman–Crippen LogP) is 3.22. The molecule has 5 heteroatoms. The second-order valence-electron chi connectivity index (χ2n) is 4.11. The Kier molecular flexibility index (Phi) is 4.27. The van der Waals surface area contributed by atoms with Gasteiger partial charge in [0, 0.05) is 24.5 Å². The quantitative estimate of drug-likeness (QED) is 0.942. The summed E-state index contributed by atoms with van der Waals surface area (Å²) in [6.07, 6.45) is 3.43. The van der Waals surface area contributed by atoms with E-state index in [1.54, 1.807) is 12.4 Å². The number of amides is 1. The van der Waals surface area contributed by atoms with E-state index in [0.717, 1.165) is 11.1 Å². The van der Waals surface area contributed by atoms with Crippen molar-refractivity contribution in [3.05, 3.63) is 63.6 Å². The summed E-state index contributed by atoms with van der Waals surface area (Å²) in [4.78, 5) is 15.9. The molecule has 3 nitrogen and oxygen atoms in total. The Hall–Kier alpha value is -1.75. The number of carbonyl (C=O) groups is 1. The maximum Gasteiger partial charge on any atom is 0.251 e. The Morgan fingerprint density at radius 3 is 2.89 bits per heavy atom. The molecular formula is C14H12BrFN2O. The molecular weight excluding hydrogens is 311 g/mol. The molecule has 1 aromatic heterocycles. The summed E-state index contributed by atoms with van der Waals surface area (Å²) in [6.45, 7) is 2.35. The predicted molar refractivity (Wildman–Crippen MR) is 74.2 cm³/mol. The first kappa shape index (κ1) is 13.7. The summed E-state index contributed by atoms with van der Waals surface area (Å²) in [7, 11) is 0. The number of halogens is 2. The maximum absolute atomic E-state index is 13.1. The average molecular weight is 323 g/mol. The average Bonchev–Trinajstić information content (AvgIpc) is 2.40. The van der Waals surface area contributed by atoms with Crippen LogP contribution in [0.25, 0.3) is 0 Å². The molecule has 0 aliphatic rings. The number of nitrogens with one attached hydrogen (secondary N) is 1. The molecule has 0 spiro atoms. The first-order chi connectivity index (χ1) is 9.08. The van der Waals surface area contributed by atoms with Crippen molar-refractivity contribution in [1.29, 1.82) is 0 Å². The zero-order chi connectivity index (χ0) is 13.8. The third-order valence-corrected chi connectivity index (χ3v) is 3.37. The molecule has 98 valence electrons. The van der Waals surface area contributed by atoms with Gasteiger partial charge in [-0.05, 0) is 58.2 Å². The molecule has 19 heavy (non-hydrogen) atoms. The molecule has 0 bridgehead atoms. The summed E-state index contributed by atoms with van der Waals surface area (Å²) in [6, 6.07) is 6.03. The van der Waals surface area contributed by atoms with E-state index >= 15 is 0 Å². The lowest BCUT2D eigenvalue weighted by Gasteiger charge is -2.08. The van der Waals surface area contributed by atoms with Crippen LogP contribution in [-0.2, 0) is 6.54 Å². The van der Waals surface area contributed by atoms with Crippen LogP contribution in [0.5, 0.6) is 0 Å². The zero-order valence-corrected chi connectivity index (χ0v) is 11.9. The lowest BCUT2D eigenvalue weighted by Crippen LogP contribution is -2.23. The van der Waals surface area contributed by atoms with Gasteiger partial charge in [-0.2, -0.15) is 0 Å². The molecule has 1 N–H and O–H groups in total. The normalized spacial score (nSPS) is 10.3. The first-order valence-corrected chi connectivity index (χ1v) is 6.50. The van der Waals surface area contributed by atoms with Gasteiger partial charge in [0.15, 0.2) is 0 Å². The minimum Gasteiger partial charge on any atom is -0.348 e. The summed E-state index contributed by atoms with van der Waals surface area (Å²) < 4.78 is 13.4. The highest BCUT2D eigenvalue weighted by atomic mass is 79.9. The van der Waals surface area contributed by atoms with Gasteiger partial charge in [-0.25, -0.2) is 4.39 Å². The van der Waals surface area contributed by atoms with Crippen molar-refractivity contribution in [3.8, 4) is 0 Å². The molecule has 0 radical (unpaired) electrons. The van der Waals surface area contributed by atoms with Gasteiger partial charge in [-0.15, -0.1) is 0 Å². The molecule has 0 aliphatic carbocycles. The topological polar surface area (TPSA) is 42.0 Å². The minimum atomic E-state index is -0.387. The van der Waals surface area contributed by atoms with E-state index in [4.69, 9.17) is 0 Å². The van der Waals surface area contributed by atoms with Crippen molar-refractivity contribution in [1.82, 2.24) is 10.3 Å². The molecule has 0 atom stereocenters. The zero-order valence-electron chi connectivity index (χ0n) is 10.3. The maximum atomic E-state index is 13.1. The summed E-state index contributed by atoms with van der Waals surface area (Å²) in [5.74, 6) is -0.626. The van der Waals surface area contributed by atoms with Crippen molar-refractivity contribution < 1.29 is 9.18 Å². The Bertz CT molecular complexity index is 616. The van der Waals surface area contributed by atoms with Gasteiger partial charge in [0.2, 0.25) is 0 Å². The molecule has 0 unspecified atom stereocenters. The Labute approximate surface area is 119 Å². The van der Waals surface area contributed by atoms with Crippen LogP contribution in [0.2, 0.25) is 0 Å². The lowest BCUT2D eigenvalue weighted by atomic mass is 10.1. The smallest absolute Gasteiger partial charge is 0.251 e. The van der Waals surface area contributed by atoms with Crippen LogP contribution in [-0.4, -0.2) is 10.9 Å². The molecule has 2 aromatic rings. The summed E-state index contributed by atoms with van der Waals surface area (Å²) in [5.41, 5.74) is 2.44. The van der Waals surface area contributed by atoms with E-state index in [9.17, 15) is 9.18 Å². The number of pyridine rings is 1. The van der Waals surface area contributed by atoms with Crippen LogP contribution < -0.4 is 5.32 Å². The van der Waals surface area contributed by atoms with Crippen molar-refractivity contribution in [2.24, 2.45) is 0 Å². The number of aromatic nitrogens is 1. The van der Waals surface area contributed by atoms with Gasteiger partial charge in [0.05, 0.1) is 4.47 Å². The summed E-state index contributed by atoms with van der Waals surface area (Å²) >= 11 is 3.06. The van der Waals surface area contributed by atoms with E-state index in [1.807, 2.05) is 13.0 Å². The highest BCUT2D eigenvalue weighted by molar-refractivity contribution is 9.10. The Morgan fingerprint density at radius 2 is 2.21 bits per heavy atom. The van der Waals surface area contributed by atoms with Crippen LogP contribution in [0.3, 0.4) is 0 Å². The molecule has 1 aromatic carbocycles. The van der Waals surface area contributed by atoms with Crippen LogP contribution >= 0.6 is 15.9 Å². The van der Waals surface area contributed by atoms with Gasteiger partial charge in [0.25, 0.3) is 5.91 Å². The number of rotatable bonds is 3. The molecule has 0 saturated carbocycles. The molecule has 0 fully saturated rings. The fraction of sp³-hybridized carbons (Fsp3) is 0.143. The van der Waals surface area contributed by atoms with E-state index in [2.05, 4.69) is 26.2 Å². The number of hydrogen-bond acceptors (Lipinski definition) is 2. The molecule has 0 saturated heterocycles. The van der Waals surface area contributed by atoms with Gasteiger partial charge in [-0.1, -0.05) is 0 Å². The van der Waals surface area contributed by atoms with Gasteiger partial charge in [-0.3, -0.25) is 9.78 Å². The summed E-state index contributed by atoms with van der Waals surface area (Å²) in [5, 5.41) is 2.79. The monoisotopic (exact) mass is 322 g/mol. The van der Waals surface area contributed by atoms with E-state index in [0.29, 0.717) is 12.1 Å². The van der Waals surface area contributed by atoms with Crippen LogP contribution in [0.15, 0.2) is 41.1 Å². The first-order valence-electron chi connectivity index (χ1n) is 5.70. The Balaban J connectivity index is 2.05. The largest absolute Gasteiger partial charge is 0.348 e. The Morgan fingerprint density at radius 1 is 1.42 bits per heavy atom. The van der Waals surface area contributed by atoms with Gasteiger partial charge in [0.1, 0.15) is 5.82 Å². The number of nitrogens with zero attached hydrogens (tertiary/aromatic N) is 1. The van der Waals surface area contributed by atoms with Crippen LogP contribution in [0.1, 0.15) is 21.5 Å². The SMILES string of the molecule is Cc1cnccc1CNC(=O)c1ccc(F)c(Br)c1. The van der Waals surface area contributed by atoms with Crippen LogP contribution in [0.4, 0.5) is 4.39 Å². The third-order valence-electron chi connectivity index (χ3n) is 2.76. The van der Waals surface area contributed by atoms with Crippen molar-refractivity contribution in [2.75, 3.05) is 0 Å². The number of aryl methyl sites for hydroxylation is 1. The van der Waals surface area contributed by atoms with Crippen molar-refractivity contribution in [2.45, 2.75) is 13.5 Å². The molecule has 1 heterocycles. The molecule has 2 rings (SSSR count). The van der Waals surface area contributed by atoms with Crippen LogP contribution in [0, 0.1) is 12.7 Å².